The van der Waals surface area contributed by atoms with E-state index in [2.05, 4.69) is 12.2 Å². The van der Waals surface area contributed by atoms with Gasteiger partial charge in [-0.05, 0) is 12.8 Å². The van der Waals surface area contributed by atoms with Crippen molar-refractivity contribution in [3.05, 3.63) is 0 Å². The van der Waals surface area contributed by atoms with Gasteiger partial charge in [-0.1, -0.05) is 71.1 Å². The molecule has 1 N–H and O–H groups in total. The molecule has 1 rings (SSSR count). The number of nitrogens with one attached hydrogen (secondary N) is 1. The van der Waals surface area contributed by atoms with E-state index in [0.29, 0.717) is 19.4 Å². The molecule has 0 bridgehead atoms. The molecule has 0 aromatic heterocycles. The molecule has 0 aromatic carbocycles. The first kappa shape index (κ1) is 22.5. The second-order valence-electron chi connectivity index (χ2n) is 7.36. The predicted octanol–water partition coefficient (Wildman–Crippen LogP) is 4.10. The topological polar surface area (TPSA) is 47.6 Å². The maximum absolute atomic E-state index is 12.1. The first-order chi connectivity index (χ1) is 12.2. The average molecular weight is 351 g/mol. The molecule has 4 nitrogen and oxygen atoms in total. The highest BCUT2D eigenvalue weighted by Gasteiger charge is 2.33. The molecule has 144 valence electrons. The van der Waals surface area contributed by atoms with E-state index in [0.717, 1.165) is 12.8 Å². The van der Waals surface area contributed by atoms with Crippen LogP contribution in [0.25, 0.3) is 0 Å². The zero-order valence-corrected chi connectivity index (χ0v) is 16.4. The standard InChI is InChI=1S/C20H38BNO3/c1-3-4-5-6-7-8-9-10-11-12-13-14-20(23)22-17-15-19(21)25-18(17)16-24-2/h17-19H,3-16H2,1-2H3,(H,22,23)/t17?,18?,19-/m1/s1. The van der Waals surface area contributed by atoms with Gasteiger partial charge < -0.3 is 14.8 Å². The van der Waals surface area contributed by atoms with E-state index in [-0.39, 0.29) is 24.1 Å². The number of hydrogen-bond donors (Lipinski definition) is 1. The van der Waals surface area contributed by atoms with Crippen LogP contribution in [0.1, 0.15) is 90.4 Å². The van der Waals surface area contributed by atoms with Crippen LogP contribution < -0.4 is 5.32 Å². The molecule has 0 spiro atoms. The van der Waals surface area contributed by atoms with Crippen LogP contribution in [0, 0.1) is 0 Å². The number of amides is 1. The summed E-state index contributed by atoms with van der Waals surface area (Å²) in [6.45, 7) is 2.73. The molecule has 1 amide bonds. The van der Waals surface area contributed by atoms with Crippen molar-refractivity contribution in [3.8, 4) is 0 Å². The number of hydrogen-bond acceptors (Lipinski definition) is 3. The third kappa shape index (κ3) is 10.9. The van der Waals surface area contributed by atoms with Gasteiger partial charge in [-0.25, -0.2) is 0 Å². The molecular formula is C20H38BNO3. The largest absolute Gasteiger partial charge is 0.382 e. The van der Waals surface area contributed by atoms with Crippen molar-refractivity contribution in [1.82, 2.24) is 5.32 Å². The van der Waals surface area contributed by atoms with Crippen LogP contribution in [-0.2, 0) is 14.3 Å². The van der Waals surface area contributed by atoms with Crippen molar-refractivity contribution < 1.29 is 14.3 Å². The molecular weight excluding hydrogens is 313 g/mol. The number of carbonyl (C=O) groups excluding carboxylic acids is 1. The average Bonchev–Trinajstić information content (AvgIpc) is 2.92. The number of rotatable bonds is 15. The van der Waals surface area contributed by atoms with Crippen molar-refractivity contribution in [2.45, 2.75) is 109 Å². The van der Waals surface area contributed by atoms with E-state index in [1.54, 1.807) is 7.11 Å². The third-order valence-corrected chi connectivity index (χ3v) is 4.97. The van der Waals surface area contributed by atoms with Crippen molar-refractivity contribution in [1.29, 1.82) is 0 Å². The summed E-state index contributed by atoms with van der Waals surface area (Å²) < 4.78 is 10.7. The molecule has 1 heterocycles. The van der Waals surface area contributed by atoms with Crippen LogP contribution >= 0.6 is 0 Å². The quantitative estimate of drug-likeness (QED) is 0.357. The minimum absolute atomic E-state index is 0.0184. The van der Waals surface area contributed by atoms with Gasteiger partial charge in [0.25, 0.3) is 0 Å². The Morgan fingerprint density at radius 2 is 1.60 bits per heavy atom. The lowest BCUT2D eigenvalue weighted by Gasteiger charge is -2.19. The molecule has 0 aliphatic carbocycles. The highest BCUT2D eigenvalue weighted by atomic mass is 16.5. The van der Waals surface area contributed by atoms with E-state index in [9.17, 15) is 4.79 Å². The molecule has 1 saturated heterocycles. The van der Waals surface area contributed by atoms with Crippen LogP contribution in [-0.4, -0.2) is 45.6 Å². The number of carbonyl (C=O) groups is 1. The summed E-state index contributed by atoms with van der Waals surface area (Å²) in [6.07, 6.45) is 15.4. The van der Waals surface area contributed by atoms with Crippen LogP contribution in [0.4, 0.5) is 0 Å². The summed E-state index contributed by atoms with van der Waals surface area (Å²) in [5.74, 6) is 0.111. The Morgan fingerprint density at radius 1 is 1.04 bits per heavy atom. The van der Waals surface area contributed by atoms with Crippen LogP contribution in [0.5, 0.6) is 0 Å². The second kappa shape index (κ2) is 14.6. The fourth-order valence-corrected chi connectivity index (χ4v) is 3.48. The summed E-state index contributed by atoms with van der Waals surface area (Å²) in [7, 11) is 7.44. The predicted molar refractivity (Wildman–Crippen MR) is 104 cm³/mol. The molecule has 1 aliphatic rings. The SMILES string of the molecule is [B][C@H]1CC(NC(=O)CCCCCCCCCCCCC)C(COC)O1. The lowest BCUT2D eigenvalue weighted by Crippen LogP contribution is -2.42. The molecule has 3 atom stereocenters. The monoisotopic (exact) mass is 351 g/mol. The van der Waals surface area contributed by atoms with Crippen LogP contribution in [0.3, 0.4) is 0 Å². The van der Waals surface area contributed by atoms with E-state index in [1.165, 1.54) is 57.8 Å². The van der Waals surface area contributed by atoms with E-state index in [1.807, 2.05) is 0 Å². The number of methoxy groups -OCH3 is 1. The lowest BCUT2D eigenvalue weighted by atomic mass is 9.95. The van der Waals surface area contributed by atoms with E-state index in [4.69, 9.17) is 17.3 Å². The van der Waals surface area contributed by atoms with Gasteiger partial charge in [-0.2, -0.15) is 0 Å². The first-order valence-corrected chi connectivity index (χ1v) is 10.4. The molecule has 25 heavy (non-hydrogen) atoms. The summed E-state index contributed by atoms with van der Waals surface area (Å²) >= 11 is 0. The lowest BCUT2D eigenvalue weighted by molar-refractivity contribution is -0.122. The van der Waals surface area contributed by atoms with Crippen molar-refractivity contribution in [2.24, 2.45) is 0 Å². The smallest absolute Gasteiger partial charge is 0.220 e. The van der Waals surface area contributed by atoms with Gasteiger partial charge >= 0.3 is 0 Å². The van der Waals surface area contributed by atoms with E-state index >= 15 is 0 Å². The molecule has 2 unspecified atom stereocenters. The summed E-state index contributed by atoms with van der Waals surface area (Å²) in [5, 5.41) is 3.06. The van der Waals surface area contributed by atoms with Crippen molar-refractivity contribution in [2.75, 3.05) is 13.7 Å². The Balaban J connectivity index is 1.95. The number of ether oxygens (including phenoxy) is 2. The molecule has 0 saturated carbocycles. The van der Waals surface area contributed by atoms with Gasteiger partial charge in [0.1, 0.15) is 14.0 Å². The molecule has 1 aliphatic heterocycles. The normalized spacial score (nSPS) is 23.0. The maximum atomic E-state index is 12.1. The fraction of sp³-hybridized carbons (Fsp3) is 0.950. The molecule has 5 heteroatoms. The van der Waals surface area contributed by atoms with Crippen molar-refractivity contribution >= 4 is 13.8 Å². The third-order valence-electron chi connectivity index (χ3n) is 4.97. The fourth-order valence-electron chi connectivity index (χ4n) is 3.48. The summed E-state index contributed by atoms with van der Waals surface area (Å²) in [5.41, 5.74) is 0. The Labute approximate surface area is 156 Å². The van der Waals surface area contributed by atoms with Crippen LogP contribution in [0.15, 0.2) is 0 Å². The van der Waals surface area contributed by atoms with Gasteiger partial charge in [0.05, 0.1) is 12.6 Å². The second-order valence-corrected chi connectivity index (χ2v) is 7.36. The Bertz CT molecular complexity index is 341. The highest BCUT2D eigenvalue weighted by Crippen LogP contribution is 2.19. The van der Waals surface area contributed by atoms with Gasteiger partial charge in [-0.3, -0.25) is 4.79 Å². The van der Waals surface area contributed by atoms with Gasteiger partial charge in [-0.15, -0.1) is 0 Å². The van der Waals surface area contributed by atoms with Crippen molar-refractivity contribution in [3.63, 3.8) is 0 Å². The Kier molecular flexibility index (Phi) is 13.1. The summed E-state index contributed by atoms with van der Waals surface area (Å²) in [6, 6.07) is -0.317. The van der Waals surface area contributed by atoms with Crippen LogP contribution in [0.2, 0.25) is 0 Å². The van der Waals surface area contributed by atoms with Gasteiger partial charge in [0, 0.05) is 19.5 Å². The van der Waals surface area contributed by atoms with E-state index < -0.39 is 0 Å². The zero-order chi connectivity index (χ0) is 18.3. The Hall–Kier alpha value is -0.545. The minimum Gasteiger partial charge on any atom is -0.382 e. The first-order valence-electron chi connectivity index (χ1n) is 10.4. The molecule has 0 aromatic rings. The molecule has 2 radical (unpaired) electrons. The maximum Gasteiger partial charge on any atom is 0.220 e. The van der Waals surface area contributed by atoms with Gasteiger partial charge in [0.15, 0.2) is 0 Å². The van der Waals surface area contributed by atoms with Gasteiger partial charge in [0.2, 0.25) is 5.91 Å². The number of unbranched alkanes of at least 4 members (excludes halogenated alkanes) is 10. The molecule has 1 fully saturated rings. The summed E-state index contributed by atoms with van der Waals surface area (Å²) in [4.78, 5) is 12.1. The Morgan fingerprint density at radius 3 is 2.16 bits per heavy atom. The highest BCUT2D eigenvalue weighted by molar-refractivity contribution is 6.11. The minimum atomic E-state index is -0.299. The zero-order valence-electron chi connectivity index (χ0n) is 16.4.